The van der Waals surface area contributed by atoms with E-state index in [0.29, 0.717) is 12.0 Å². The van der Waals surface area contributed by atoms with Gasteiger partial charge in [-0.05, 0) is 51.0 Å². The van der Waals surface area contributed by atoms with Crippen molar-refractivity contribution in [1.29, 1.82) is 0 Å². The predicted octanol–water partition coefficient (Wildman–Crippen LogP) is 2.53. The van der Waals surface area contributed by atoms with Gasteiger partial charge in [0.05, 0.1) is 6.54 Å². The van der Waals surface area contributed by atoms with E-state index in [0.717, 1.165) is 45.2 Å². The molecule has 1 saturated heterocycles. The first kappa shape index (κ1) is 19.0. The van der Waals surface area contributed by atoms with Crippen LogP contribution >= 0.6 is 0 Å². The molecule has 6 heteroatoms. The molecule has 2 rings (SSSR count). The second-order valence-electron chi connectivity index (χ2n) is 7.70. The van der Waals surface area contributed by atoms with Gasteiger partial charge >= 0.3 is 12.0 Å². The molecule has 1 atom stereocenters. The fraction of sp³-hybridized carbons (Fsp3) is 0.889. The second kappa shape index (κ2) is 8.70. The maximum Gasteiger partial charge on any atom is 0.317 e. The van der Waals surface area contributed by atoms with E-state index in [-0.39, 0.29) is 24.7 Å². The van der Waals surface area contributed by atoms with E-state index in [1.165, 1.54) is 6.42 Å². The van der Waals surface area contributed by atoms with Crippen molar-refractivity contribution in [2.75, 3.05) is 19.6 Å². The van der Waals surface area contributed by atoms with Gasteiger partial charge in [0.15, 0.2) is 0 Å². The van der Waals surface area contributed by atoms with E-state index in [1.807, 2.05) is 16.7 Å². The maximum absolute atomic E-state index is 12.6. The molecule has 1 aliphatic carbocycles. The Morgan fingerprint density at radius 2 is 2.00 bits per heavy atom. The largest absolute Gasteiger partial charge is 0.480 e. The van der Waals surface area contributed by atoms with Crippen LogP contribution in [0.3, 0.4) is 0 Å². The van der Waals surface area contributed by atoms with E-state index in [2.05, 4.69) is 19.2 Å². The van der Waals surface area contributed by atoms with Crippen LogP contribution in [0.15, 0.2) is 0 Å². The SMILES string of the molecule is CCN(CC(=O)O)C1CC(NC(=O)N2CCCCC2CC(C)C)C1. The highest BCUT2D eigenvalue weighted by molar-refractivity contribution is 5.75. The number of aliphatic carboxylic acids is 1. The Hall–Kier alpha value is -1.30. The van der Waals surface area contributed by atoms with Gasteiger partial charge in [-0.2, -0.15) is 0 Å². The van der Waals surface area contributed by atoms with Crippen molar-refractivity contribution in [2.45, 2.75) is 77.4 Å². The molecule has 0 aromatic rings. The van der Waals surface area contributed by atoms with Gasteiger partial charge in [0.25, 0.3) is 0 Å². The number of hydrogen-bond acceptors (Lipinski definition) is 3. The van der Waals surface area contributed by atoms with Crippen LogP contribution in [0.25, 0.3) is 0 Å². The minimum Gasteiger partial charge on any atom is -0.480 e. The fourth-order valence-electron chi connectivity index (χ4n) is 3.99. The smallest absolute Gasteiger partial charge is 0.317 e. The molecule has 0 aromatic carbocycles. The van der Waals surface area contributed by atoms with Crippen LogP contribution in [0, 0.1) is 5.92 Å². The van der Waals surface area contributed by atoms with E-state index in [1.54, 1.807) is 0 Å². The van der Waals surface area contributed by atoms with E-state index in [9.17, 15) is 9.59 Å². The molecule has 2 aliphatic rings. The zero-order valence-corrected chi connectivity index (χ0v) is 15.3. The lowest BCUT2D eigenvalue weighted by Gasteiger charge is -2.44. The molecule has 2 N–H and O–H groups in total. The zero-order valence-electron chi connectivity index (χ0n) is 15.3. The van der Waals surface area contributed by atoms with Crippen molar-refractivity contribution in [2.24, 2.45) is 5.92 Å². The normalized spacial score (nSPS) is 27.2. The van der Waals surface area contributed by atoms with Crippen LogP contribution in [-0.2, 0) is 4.79 Å². The van der Waals surface area contributed by atoms with E-state index >= 15 is 0 Å². The summed E-state index contributed by atoms with van der Waals surface area (Å²) >= 11 is 0. The number of carbonyl (C=O) groups excluding carboxylic acids is 1. The van der Waals surface area contributed by atoms with Crippen molar-refractivity contribution in [3.63, 3.8) is 0 Å². The van der Waals surface area contributed by atoms with E-state index in [4.69, 9.17) is 5.11 Å². The van der Waals surface area contributed by atoms with Gasteiger partial charge in [0, 0.05) is 24.7 Å². The molecule has 0 spiro atoms. The number of urea groups is 1. The first-order valence-corrected chi connectivity index (χ1v) is 9.43. The van der Waals surface area contributed by atoms with Crippen molar-refractivity contribution < 1.29 is 14.7 Å². The summed E-state index contributed by atoms with van der Waals surface area (Å²) in [5.41, 5.74) is 0. The molecule has 0 radical (unpaired) electrons. The van der Waals surface area contributed by atoms with E-state index < -0.39 is 5.97 Å². The van der Waals surface area contributed by atoms with Crippen LogP contribution in [0.2, 0.25) is 0 Å². The number of nitrogens with one attached hydrogen (secondary N) is 1. The van der Waals surface area contributed by atoms with Crippen LogP contribution in [-0.4, -0.2) is 64.7 Å². The van der Waals surface area contributed by atoms with Gasteiger partial charge < -0.3 is 15.3 Å². The monoisotopic (exact) mass is 339 g/mol. The Morgan fingerprint density at radius 1 is 1.29 bits per heavy atom. The average molecular weight is 339 g/mol. The Morgan fingerprint density at radius 3 is 2.58 bits per heavy atom. The molecular weight excluding hydrogens is 306 g/mol. The van der Waals surface area contributed by atoms with Gasteiger partial charge in [-0.25, -0.2) is 4.79 Å². The highest BCUT2D eigenvalue weighted by Gasteiger charge is 2.36. The molecule has 1 aliphatic heterocycles. The zero-order chi connectivity index (χ0) is 17.7. The summed E-state index contributed by atoms with van der Waals surface area (Å²) in [6.07, 6.45) is 6.21. The lowest BCUT2D eigenvalue weighted by atomic mass is 9.85. The van der Waals surface area contributed by atoms with Crippen LogP contribution in [0.4, 0.5) is 4.79 Å². The fourth-order valence-corrected chi connectivity index (χ4v) is 3.99. The predicted molar refractivity (Wildman–Crippen MR) is 94.0 cm³/mol. The summed E-state index contributed by atoms with van der Waals surface area (Å²) in [6.45, 7) is 8.09. The summed E-state index contributed by atoms with van der Waals surface area (Å²) in [6, 6.07) is 0.912. The molecule has 0 aromatic heterocycles. The van der Waals surface area contributed by atoms with Crippen LogP contribution in [0.1, 0.15) is 59.3 Å². The summed E-state index contributed by atoms with van der Waals surface area (Å²) in [5, 5.41) is 12.1. The molecule has 1 heterocycles. The number of rotatable bonds is 7. The second-order valence-corrected chi connectivity index (χ2v) is 7.70. The number of piperidine rings is 1. The van der Waals surface area contributed by atoms with Crippen LogP contribution < -0.4 is 5.32 Å². The average Bonchev–Trinajstić information content (AvgIpc) is 2.48. The number of carboxylic acid groups (broad SMARTS) is 1. The molecule has 6 nitrogen and oxygen atoms in total. The lowest BCUT2D eigenvalue weighted by molar-refractivity contribution is -0.139. The van der Waals surface area contributed by atoms with Crippen LogP contribution in [0.5, 0.6) is 0 Å². The van der Waals surface area contributed by atoms with Crippen molar-refractivity contribution >= 4 is 12.0 Å². The Balaban J connectivity index is 1.79. The highest BCUT2D eigenvalue weighted by Crippen LogP contribution is 2.27. The highest BCUT2D eigenvalue weighted by atomic mass is 16.4. The Kier molecular flexibility index (Phi) is 6.90. The third-order valence-electron chi connectivity index (χ3n) is 5.33. The Bertz CT molecular complexity index is 435. The molecule has 138 valence electrons. The summed E-state index contributed by atoms with van der Waals surface area (Å²) in [4.78, 5) is 27.5. The first-order valence-electron chi connectivity index (χ1n) is 9.43. The number of likely N-dealkylation sites (tertiary alicyclic amines) is 1. The molecule has 0 bridgehead atoms. The van der Waals surface area contributed by atoms with Gasteiger partial charge in [0.2, 0.25) is 0 Å². The molecule has 1 unspecified atom stereocenters. The van der Waals surface area contributed by atoms with Crippen molar-refractivity contribution in [1.82, 2.24) is 15.1 Å². The number of amides is 2. The molecule has 1 saturated carbocycles. The molecule has 2 amide bonds. The summed E-state index contributed by atoms with van der Waals surface area (Å²) in [5.74, 6) is -0.181. The quantitative estimate of drug-likeness (QED) is 0.747. The third-order valence-corrected chi connectivity index (χ3v) is 5.33. The molecular formula is C18H33N3O3. The molecule has 24 heavy (non-hydrogen) atoms. The maximum atomic E-state index is 12.6. The van der Waals surface area contributed by atoms with Gasteiger partial charge in [-0.1, -0.05) is 20.8 Å². The summed E-state index contributed by atoms with van der Waals surface area (Å²) < 4.78 is 0. The number of likely N-dealkylation sites (N-methyl/N-ethyl adjacent to an activating group) is 1. The Labute approximate surface area is 145 Å². The number of nitrogens with zero attached hydrogens (tertiary/aromatic N) is 2. The number of hydrogen-bond donors (Lipinski definition) is 2. The van der Waals surface area contributed by atoms with Gasteiger partial charge in [-0.3, -0.25) is 9.69 Å². The number of carbonyl (C=O) groups is 2. The van der Waals surface area contributed by atoms with Crippen molar-refractivity contribution in [3.8, 4) is 0 Å². The topological polar surface area (TPSA) is 72.9 Å². The lowest BCUT2D eigenvalue weighted by Crippen LogP contribution is -2.58. The number of carboxylic acids is 1. The first-order chi connectivity index (χ1) is 11.4. The minimum absolute atomic E-state index is 0.0742. The standard InChI is InChI=1S/C18H33N3O3/c1-4-20(12-17(22)23)16-10-14(11-16)19-18(24)21-8-6-5-7-15(21)9-13(2)3/h13-16H,4-12H2,1-3H3,(H,19,24)(H,22,23). The van der Waals surface area contributed by atoms with Crippen molar-refractivity contribution in [3.05, 3.63) is 0 Å². The molecule has 2 fully saturated rings. The third kappa shape index (κ3) is 5.10. The summed E-state index contributed by atoms with van der Waals surface area (Å²) in [7, 11) is 0. The van der Waals surface area contributed by atoms with Gasteiger partial charge in [0.1, 0.15) is 0 Å². The minimum atomic E-state index is -0.783. The van der Waals surface area contributed by atoms with Gasteiger partial charge in [-0.15, -0.1) is 0 Å².